The highest BCUT2D eigenvalue weighted by Gasteiger charge is 2.06. The van der Waals surface area contributed by atoms with Gasteiger partial charge in [-0.25, -0.2) is 0 Å². The molecule has 0 fully saturated rings. The summed E-state index contributed by atoms with van der Waals surface area (Å²) in [5.41, 5.74) is 8.07. The van der Waals surface area contributed by atoms with Crippen LogP contribution in [0.25, 0.3) is 10.4 Å². The van der Waals surface area contributed by atoms with Gasteiger partial charge in [0.2, 0.25) is 0 Å². The molecule has 0 saturated heterocycles. The Hall–Kier alpha value is -0.730. The van der Waals surface area contributed by atoms with Gasteiger partial charge in [-0.2, -0.15) is 0 Å². The monoisotopic (exact) mass is 184 g/mol. The Balaban J connectivity index is 3.48. The number of azide groups is 1. The Kier molecular flexibility index (Phi) is 7.45. The van der Waals surface area contributed by atoms with Crippen LogP contribution >= 0.6 is 0 Å². The van der Waals surface area contributed by atoms with Gasteiger partial charge in [-0.15, -0.1) is 0 Å². The van der Waals surface area contributed by atoms with E-state index in [1.165, 1.54) is 12.8 Å². The number of nitrogens with zero attached hydrogens (tertiary/aromatic N) is 4. The SMILES string of the molecule is CCCC(C)N(C)CCCN=[N+]=[N-]. The third-order valence-electron chi connectivity index (χ3n) is 2.29. The van der Waals surface area contributed by atoms with E-state index >= 15 is 0 Å². The second-order valence-corrected chi connectivity index (χ2v) is 3.43. The maximum Gasteiger partial charge on any atom is 0.0270 e. The lowest BCUT2D eigenvalue weighted by Gasteiger charge is -2.23. The van der Waals surface area contributed by atoms with E-state index in [-0.39, 0.29) is 0 Å². The van der Waals surface area contributed by atoms with Crippen LogP contribution in [0.1, 0.15) is 33.1 Å². The van der Waals surface area contributed by atoms with Crippen LogP contribution in [-0.2, 0) is 0 Å². The van der Waals surface area contributed by atoms with Crippen LogP contribution in [0.4, 0.5) is 0 Å². The first-order valence-electron chi connectivity index (χ1n) is 4.93. The summed E-state index contributed by atoms with van der Waals surface area (Å²) < 4.78 is 0. The largest absolute Gasteiger partial charge is 0.304 e. The highest BCUT2D eigenvalue weighted by molar-refractivity contribution is 4.62. The fraction of sp³-hybridized carbons (Fsp3) is 1.00. The van der Waals surface area contributed by atoms with E-state index < -0.39 is 0 Å². The molecule has 0 aromatic carbocycles. The summed E-state index contributed by atoms with van der Waals surface area (Å²) in [6.45, 7) is 6.06. The van der Waals surface area contributed by atoms with Crippen LogP contribution in [0.15, 0.2) is 5.11 Å². The molecule has 0 spiro atoms. The zero-order valence-electron chi connectivity index (χ0n) is 8.90. The summed E-state index contributed by atoms with van der Waals surface area (Å²) in [7, 11) is 2.12. The summed E-state index contributed by atoms with van der Waals surface area (Å²) in [5.74, 6) is 0. The van der Waals surface area contributed by atoms with Crippen molar-refractivity contribution in [2.75, 3.05) is 20.1 Å². The molecule has 0 aromatic heterocycles. The van der Waals surface area contributed by atoms with Gasteiger partial charge >= 0.3 is 0 Å². The molecule has 0 aliphatic heterocycles. The number of hydrogen-bond donors (Lipinski definition) is 0. The third-order valence-corrected chi connectivity index (χ3v) is 2.29. The van der Waals surface area contributed by atoms with E-state index in [9.17, 15) is 0 Å². The molecular formula is C9H20N4. The predicted molar refractivity (Wildman–Crippen MR) is 55.6 cm³/mol. The minimum Gasteiger partial charge on any atom is -0.304 e. The molecule has 0 bridgehead atoms. The highest BCUT2D eigenvalue weighted by Crippen LogP contribution is 2.04. The molecule has 13 heavy (non-hydrogen) atoms. The average molecular weight is 184 g/mol. The van der Waals surface area contributed by atoms with E-state index in [0.29, 0.717) is 12.6 Å². The quantitative estimate of drug-likeness (QED) is 0.260. The van der Waals surface area contributed by atoms with Gasteiger partial charge in [-0.3, -0.25) is 0 Å². The second-order valence-electron chi connectivity index (χ2n) is 3.43. The van der Waals surface area contributed by atoms with Crippen LogP contribution in [0, 0.1) is 0 Å². The van der Waals surface area contributed by atoms with Crippen LogP contribution in [0.2, 0.25) is 0 Å². The fourth-order valence-electron chi connectivity index (χ4n) is 1.29. The smallest absolute Gasteiger partial charge is 0.0270 e. The maximum atomic E-state index is 8.07. The van der Waals surface area contributed by atoms with E-state index in [0.717, 1.165) is 13.0 Å². The average Bonchev–Trinajstić information content (AvgIpc) is 2.12. The molecule has 0 aromatic rings. The van der Waals surface area contributed by atoms with Crippen molar-refractivity contribution in [3.63, 3.8) is 0 Å². The summed E-state index contributed by atoms with van der Waals surface area (Å²) in [6, 6.07) is 0.635. The van der Waals surface area contributed by atoms with Crippen molar-refractivity contribution >= 4 is 0 Å². The van der Waals surface area contributed by atoms with Crippen LogP contribution < -0.4 is 0 Å². The minimum absolute atomic E-state index is 0.611. The van der Waals surface area contributed by atoms with Gasteiger partial charge in [-0.05, 0) is 38.9 Å². The molecule has 4 nitrogen and oxygen atoms in total. The molecule has 0 aliphatic rings. The Morgan fingerprint density at radius 3 is 2.77 bits per heavy atom. The zero-order chi connectivity index (χ0) is 10.1. The summed E-state index contributed by atoms with van der Waals surface area (Å²) >= 11 is 0. The lowest BCUT2D eigenvalue weighted by molar-refractivity contribution is 0.243. The topological polar surface area (TPSA) is 52.0 Å². The molecule has 0 aliphatic carbocycles. The zero-order valence-corrected chi connectivity index (χ0v) is 8.90. The van der Waals surface area contributed by atoms with Gasteiger partial charge in [0, 0.05) is 17.5 Å². The lowest BCUT2D eigenvalue weighted by Crippen LogP contribution is -2.30. The Bertz CT molecular complexity index is 163. The normalized spacial score (nSPS) is 12.6. The van der Waals surface area contributed by atoms with Crippen LogP contribution in [0.3, 0.4) is 0 Å². The Labute approximate surface area is 80.6 Å². The molecule has 0 heterocycles. The van der Waals surface area contributed by atoms with Gasteiger partial charge in [0.1, 0.15) is 0 Å². The Morgan fingerprint density at radius 2 is 2.23 bits per heavy atom. The van der Waals surface area contributed by atoms with Crippen molar-refractivity contribution in [3.8, 4) is 0 Å². The van der Waals surface area contributed by atoms with Gasteiger partial charge in [0.25, 0.3) is 0 Å². The second kappa shape index (κ2) is 7.90. The number of rotatable bonds is 7. The van der Waals surface area contributed by atoms with Gasteiger partial charge in [0.05, 0.1) is 0 Å². The van der Waals surface area contributed by atoms with Crippen molar-refractivity contribution in [1.82, 2.24) is 4.90 Å². The predicted octanol–water partition coefficient (Wildman–Crippen LogP) is 2.81. The van der Waals surface area contributed by atoms with Crippen LogP contribution in [-0.4, -0.2) is 31.1 Å². The van der Waals surface area contributed by atoms with Gasteiger partial charge in [-0.1, -0.05) is 18.5 Å². The first kappa shape index (κ1) is 12.3. The summed E-state index contributed by atoms with van der Waals surface area (Å²) in [4.78, 5) is 5.04. The van der Waals surface area contributed by atoms with Crippen molar-refractivity contribution < 1.29 is 0 Å². The van der Waals surface area contributed by atoms with Crippen molar-refractivity contribution in [3.05, 3.63) is 10.4 Å². The molecule has 0 N–H and O–H groups in total. The summed E-state index contributed by atoms with van der Waals surface area (Å²) in [5, 5.41) is 3.50. The first-order chi connectivity index (χ1) is 6.22. The van der Waals surface area contributed by atoms with E-state index in [1.807, 2.05) is 0 Å². The molecule has 0 rings (SSSR count). The van der Waals surface area contributed by atoms with Gasteiger partial charge in [0.15, 0.2) is 0 Å². The van der Waals surface area contributed by atoms with E-state index in [1.54, 1.807) is 0 Å². The standard InChI is InChI=1S/C9H20N4/c1-4-6-9(2)13(3)8-5-7-11-12-10/h9H,4-8H2,1-3H3. The minimum atomic E-state index is 0.611. The lowest BCUT2D eigenvalue weighted by atomic mass is 10.1. The van der Waals surface area contributed by atoms with E-state index in [2.05, 4.69) is 35.8 Å². The molecule has 0 amide bonds. The van der Waals surface area contributed by atoms with Gasteiger partial charge < -0.3 is 4.90 Å². The molecule has 0 saturated carbocycles. The first-order valence-corrected chi connectivity index (χ1v) is 4.93. The summed E-state index contributed by atoms with van der Waals surface area (Å²) in [6.07, 6.45) is 3.41. The molecular weight excluding hydrogens is 164 g/mol. The molecule has 0 radical (unpaired) electrons. The van der Waals surface area contributed by atoms with E-state index in [4.69, 9.17) is 5.53 Å². The molecule has 76 valence electrons. The Morgan fingerprint density at radius 1 is 1.54 bits per heavy atom. The van der Waals surface area contributed by atoms with Crippen LogP contribution in [0.5, 0.6) is 0 Å². The highest BCUT2D eigenvalue weighted by atomic mass is 15.1. The van der Waals surface area contributed by atoms with Crippen molar-refractivity contribution in [1.29, 1.82) is 0 Å². The van der Waals surface area contributed by atoms with Crippen molar-refractivity contribution in [2.24, 2.45) is 5.11 Å². The molecule has 4 heteroatoms. The maximum absolute atomic E-state index is 8.07. The third kappa shape index (κ3) is 6.43. The molecule has 1 atom stereocenters. The van der Waals surface area contributed by atoms with Crippen molar-refractivity contribution in [2.45, 2.75) is 39.2 Å². The molecule has 1 unspecified atom stereocenters. The number of hydrogen-bond acceptors (Lipinski definition) is 2. The fourth-order valence-corrected chi connectivity index (χ4v) is 1.29.